The number of aliphatic hydroxyl groups is 1. The molecule has 0 spiro atoms. The number of benzene rings is 1. The Morgan fingerprint density at radius 2 is 1.71 bits per heavy atom. The summed E-state index contributed by atoms with van der Waals surface area (Å²) in [6.45, 7) is 10.9. The molecular formula is C23H32O5. The third-order valence-corrected chi connectivity index (χ3v) is 5.21. The van der Waals surface area contributed by atoms with E-state index in [1.165, 1.54) is 12.5 Å². The SMILES string of the molecule is CC(=O)c1c(O)c(CC=C(C)C)c2c(c1O)C[C@@H]([C@@](C)(O)CCC=C(C)C)O2. The van der Waals surface area contributed by atoms with E-state index in [2.05, 4.69) is 6.08 Å². The van der Waals surface area contributed by atoms with E-state index in [4.69, 9.17) is 4.74 Å². The number of phenolic OH excluding ortho intramolecular Hbond substituents is 2. The minimum absolute atomic E-state index is 0.0793. The third kappa shape index (κ3) is 4.58. The highest BCUT2D eigenvalue weighted by Gasteiger charge is 2.42. The molecular weight excluding hydrogens is 356 g/mol. The first-order valence-electron chi connectivity index (χ1n) is 9.72. The zero-order valence-electron chi connectivity index (χ0n) is 17.7. The summed E-state index contributed by atoms with van der Waals surface area (Å²) in [7, 11) is 0. The van der Waals surface area contributed by atoms with Gasteiger partial charge in [0.25, 0.3) is 0 Å². The number of Topliss-reactive ketones (excluding diaryl/α,β-unsaturated/α-hetero) is 1. The third-order valence-electron chi connectivity index (χ3n) is 5.21. The standard InChI is InChI=1S/C23H32O5/c1-13(2)8-7-11-23(6,27)18-12-17-21(26)19(15(5)24)20(25)16(22(17)28-18)10-9-14(3)4/h8-9,18,25-27H,7,10-12H2,1-6H3/t18-,23-/m0/s1. The molecule has 2 rings (SSSR count). The largest absolute Gasteiger partial charge is 0.507 e. The van der Waals surface area contributed by atoms with Gasteiger partial charge in [-0.25, -0.2) is 0 Å². The molecule has 0 aromatic heterocycles. The highest BCUT2D eigenvalue weighted by molar-refractivity contribution is 6.01. The fourth-order valence-corrected chi connectivity index (χ4v) is 3.50. The van der Waals surface area contributed by atoms with Crippen molar-refractivity contribution in [2.45, 2.75) is 78.9 Å². The van der Waals surface area contributed by atoms with Crippen molar-refractivity contribution in [1.82, 2.24) is 0 Å². The summed E-state index contributed by atoms with van der Waals surface area (Å²) < 4.78 is 6.06. The monoisotopic (exact) mass is 388 g/mol. The quantitative estimate of drug-likeness (QED) is 0.469. The maximum absolute atomic E-state index is 12.0. The van der Waals surface area contributed by atoms with Crippen LogP contribution in [0.25, 0.3) is 0 Å². The molecule has 0 fully saturated rings. The Morgan fingerprint density at radius 1 is 1.11 bits per heavy atom. The molecule has 0 saturated carbocycles. The van der Waals surface area contributed by atoms with Crippen LogP contribution in [0.4, 0.5) is 0 Å². The van der Waals surface area contributed by atoms with Gasteiger partial charge in [-0.1, -0.05) is 23.3 Å². The van der Waals surface area contributed by atoms with Crippen LogP contribution in [0.2, 0.25) is 0 Å². The molecule has 0 saturated heterocycles. The van der Waals surface area contributed by atoms with E-state index in [0.717, 1.165) is 5.57 Å². The molecule has 1 heterocycles. The molecule has 5 nitrogen and oxygen atoms in total. The second-order valence-corrected chi connectivity index (χ2v) is 8.39. The van der Waals surface area contributed by atoms with Gasteiger partial charge >= 0.3 is 0 Å². The van der Waals surface area contributed by atoms with E-state index in [1.807, 2.05) is 33.8 Å². The van der Waals surface area contributed by atoms with Gasteiger partial charge in [0.15, 0.2) is 5.78 Å². The topological polar surface area (TPSA) is 87.0 Å². The van der Waals surface area contributed by atoms with Gasteiger partial charge in [-0.2, -0.15) is 0 Å². The van der Waals surface area contributed by atoms with Crippen LogP contribution < -0.4 is 4.74 Å². The van der Waals surface area contributed by atoms with E-state index < -0.39 is 17.5 Å². The summed E-state index contributed by atoms with van der Waals surface area (Å²) in [5, 5.41) is 32.2. The van der Waals surface area contributed by atoms with Gasteiger partial charge in [0.1, 0.15) is 28.9 Å². The smallest absolute Gasteiger partial charge is 0.167 e. The Bertz CT molecular complexity index is 822. The molecule has 1 aliphatic heterocycles. The van der Waals surface area contributed by atoms with Gasteiger partial charge in [-0.05, 0) is 60.8 Å². The molecule has 2 atom stereocenters. The van der Waals surface area contributed by atoms with Gasteiger partial charge < -0.3 is 20.1 Å². The molecule has 1 aliphatic rings. The summed E-state index contributed by atoms with van der Waals surface area (Å²) in [6, 6.07) is 0. The van der Waals surface area contributed by atoms with Gasteiger partial charge in [0.05, 0.1) is 5.60 Å². The molecule has 1 aromatic rings. The summed E-state index contributed by atoms with van der Waals surface area (Å²) >= 11 is 0. The zero-order chi connectivity index (χ0) is 21.2. The highest BCUT2D eigenvalue weighted by Crippen LogP contribution is 2.48. The Kier molecular flexibility index (Phi) is 6.60. The molecule has 0 aliphatic carbocycles. The number of ketones is 1. The molecule has 1 aromatic carbocycles. The van der Waals surface area contributed by atoms with E-state index in [9.17, 15) is 20.1 Å². The van der Waals surface area contributed by atoms with E-state index >= 15 is 0 Å². The second kappa shape index (κ2) is 8.39. The van der Waals surface area contributed by atoms with Gasteiger partial charge in [0, 0.05) is 17.5 Å². The molecule has 0 radical (unpaired) electrons. The van der Waals surface area contributed by atoms with Crippen LogP contribution in [-0.2, 0) is 12.8 Å². The average molecular weight is 389 g/mol. The number of allylic oxidation sites excluding steroid dienone is 4. The maximum Gasteiger partial charge on any atom is 0.167 e. The number of hydrogen-bond acceptors (Lipinski definition) is 5. The van der Waals surface area contributed by atoms with Crippen LogP contribution in [0, 0.1) is 0 Å². The van der Waals surface area contributed by atoms with Crippen molar-refractivity contribution < 1.29 is 24.9 Å². The predicted molar refractivity (Wildman–Crippen MR) is 110 cm³/mol. The number of ether oxygens (including phenoxy) is 1. The van der Waals surface area contributed by atoms with E-state index in [1.54, 1.807) is 6.92 Å². The maximum atomic E-state index is 12.0. The lowest BCUT2D eigenvalue weighted by molar-refractivity contribution is -0.0436. The number of carbonyl (C=O) groups is 1. The second-order valence-electron chi connectivity index (χ2n) is 8.39. The summed E-state index contributed by atoms with van der Waals surface area (Å²) in [5.41, 5.74) is 2.01. The first kappa shape index (κ1) is 22.0. The molecule has 3 N–H and O–H groups in total. The van der Waals surface area contributed by atoms with Crippen LogP contribution in [0.5, 0.6) is 17.2 Å². The van der Waals surface area contributed by atoms with Crippen molar-refractivity contribution in [3.05, 3.63) is 40.0 Å². The van der Waals surface area contributed by atoms with E-state index in [0.29, 0.717) is 36.1 Å². The van der Waals surface area contributed by atoms with Crippen LogP contribution in [0.3, 0.4) is 0 Å². The first-order valence-corrected chi connectivity index (χ1v) is 9.72. The number of carbonyl (C=O) groups excluding carboxylic acids is 1. The fraction of sp³-hybridized carbons (Fsp3) is 0.522. The molecule has 28 heavy (non-hydrogen) atoms. The summed E-state index contributed by atoms with van der Waals surface area (Å²) in [5.74, 6) is -0.519. The Hall–Kier alpha value is -2.27. The van der Waals surface area contributed by atoms with E-state index in [-0.39, 0.29) is 23.5 Å². The zero-order valence-corrected chi connectivity index (χ0v) is 17.7. The van der Waals surface area contributed by atoms with Crippen molar-refractivity contribution in [2.24, 2.45) is 0 Å². The number of rotatable bonds is 7. The first-order chi connectivity index (χ1) is 13.0. The predicted octanol–water partition coefficient (Wildman–Crippen LogP) is 4.61. The Balaban J connectivity index is 2.45. The van der Waals surface area contributed by atoms with Crippen molar-refractivity contribution in [2.75, 3.05) is 0 Å². The van der Waals surface area contributed by atoms with Gasteiger partial charge in [-0.3, -0.25) is 4.79 Å². The lowest BCUT2D eigenvalue weighted by atomic mass is 9.88. The highest BCUT2D eigenvalue weighted by atomic mass is 16.5. The minimum atomic E-state index is -1.11. The molecule has 0 amide bonds. The van der Waals surface area contributed by atoms with Crippen LogP contribution in [0.1, 0.15) is 75.9 Å². The normalized spacial score (nSPS) is 17.3. The van der Waals surface area contributed by atoms with Crippen LogP contribution in [-0.4, -0.2) is 32.8 Å². The number of hydrogen-bond donors (Lipinski definition) is 3. The van der Waals surface area contributed by atoms with Crippen LogP contribution >= 0.6 is 0 Å². The molecule has 0 unspecified atom stereocenters. The van der Waals surface area contributed by atoms with Gasteiger partial charge in [-0.15, -0.1) is 0 Å². The van der Waals surface area contributed by atoms with Crippen molar-refractivity contribution in [3.8, 4) is 17.2 Å². The molecule has 5 heteroatoms. The Morgan fingerprint density at radius 3 is 2.25 bits per heavy atom. The fourth-order valence-electron chi connectivity index (χ4n) is 3.50. The average Bonchev–Trinajstić information content (AvgIpc) is 3.00. The Labute approximate surface area is 167 Å². The lowest BCUT2D eigenvalue weighted by Gasteiger charge is -2.29. The van der Waals surface area contributed by atoms with Crippen LogP contribution in [0.15, 0.2) is 23.3 Å². The van der Waals surface area contributed by atoms with Gasteiger partial charge in [0.2, 0.25) is 0 Å². The summed E-state index contributed by atoms with van der Waals surface area (Å²) in [4.78, 5) is 12.0. The molecule has 0 bridgehead atoms. The lowest BCUT2D eigenvalue weighted by Crippen LogP contribution is -2.42. The number of phenols is 2. The van der Waals surface area contributed by atoms with Crippen molar-refractivity contribution in [3.63, 3.8) is 0 Å². The number of fused-ring (bicyclic) bond motifs is 1. The van der Waals surface area contributed by atoms with Crippen molar-refractivity contribution >= 4 is 5.78 Å². The summed E-state index contributed by atoms with van der Waals surface area (Å²) in [6.07, 6.45) is 5.31. The number of aromatic hydroxyl groups is 2. The molecule has 154 valence electrons. The minimum Gasteiger partial charge on any atom is -0.507 e. The van der Waals surface area contributed by atoms with Crippen molar-refractivity contribution in [1.29, 1.82) is 0 Å².